The fourth-order valence-electron chi connectivity index (χ4n) is 4.04. The molecule has 1 aromatic carbocycles. The molecule has 4 aromatic rings. The van der Waals surface area contributed by atoms with Crippen molar-refractivity contribution in [2.45, 2.75) is 44.7 Å². The SMILES string of the molecule is O=C(Cn1nc2c(-c3nc(-c4cccc(F)c4)no3)cccn2c1=O)NC1CCCCC1. The number of benzene rings is 1. The van der Waals surface area contributed by atoms with E-state index in [0.717, 1.165) is 30.4 Å². The average molecular weight is 436 g/mol. The summed E-state index contributed by atoms with van der Waals surface area (Å²) >= 11 is 0. The van der Waals surface area contributed by atoms with E-state index in [1.807, 2.05) is 0 Å². The van der Waals surface area contributed by atoms with Crippen LogP contribution >= 0.6 is 0 Å². The molecule has 1 amide bonds. The molecule has 0 spiro atoms. The third kappa shape index (κ3) is 3.91. The zero-order chi connectivity index (χ0) is 22.1. The monoisotopic (exact) mass is 436 g/mol. The number of hydrogen-bond acceptors (Lipinski definition) is 6. The smallest absolute Gasteiger partial charge is 0.350 e. The number of nitrogens with one attached hydrogen (secondary N) is 1. The van der Waals surface area contributed by atoms with Crippen molar-refractivity contribution < 1.29 is 13.7 Å². The molecule has 1 saturated carbocycles. The molecule has 1 aliphatic carbocycles. The zero-order valence-corrected chi connectivity index (χ0v) is 17.2. The fraction of sp³-hybridized carbons (Fsp3) is 0.318. The first-order chi connectivity index (χ1) is 15.6. The first kappa shape index (κ1) is 20.1. The molecule has 0 unspecified atom stereocenters. The number of hydrogen-bond donors (Lipinski definition) is 1. The van der Waals surface area contributed by atoms with Gasteiger partial charge in [0.25, 0.3) is 5.89 Å². The summed E-state index contributed by atoms with van der Waals surface area (Å²) in [5, 5.41) is 11.2. The molecule has 1 N–H and O–H groups in total. The van der Waals surface area contributed by atoms with Gasteiger partial charge >= 0.3 is 5.69 Å². The van der Waals surface area contributed by atoms with Gasteiger partial charge in [-0.1, -0.05) is 36.6 Å². The first-order valence-electron chi connectivity index (χ1n) is 10.6. The summed E-state index contributed by atoms with van der Waals surface area (Å²) < 4.78 is 21.3. The normalized spacial score (nSPS) is 14.7. The second-order valence-electron chi connectivity index (χ2n) is 7.89. The minimum Gasteiger partial charge on any atom is -0.352 e. The highest BCUT2D eigenvalue weighted by molar-refractivity contribution is 5.76. The lowest BCUT2D eigenvalue weighted by Crippen LogP contribution is -2.40. The number of halogens is 1. The van der Waals surface area contributed by atoms with Gasteiger partial charge in [-0.15, -0.1) is 5.10 Å². The lowest BCUT2D eigenvalue weighted by atomic mass is 9.95. The lowest BCUT2D eigenvalue weighted by molar-refractivity contribution is -0.122. The van der Waals surface area contributed by atoms with E-state index in [0.29, 0.717) is 11.1 Å². The molecule has 3 aromatic heterocycles. The standard InChI is InChI=1S/C22H21FN6O3/c23-15-7-4-6-14(12-15)19-25-21(32-27-19)17-10-5-11-28-20(17)26-29(22(28)31)13-18(30)24-16-8-2-1-3-9-16/h4-7,10-12,16H,1-3,8-9,13H2,(H,24,30). The van der Waals surface area contributed by atoms with Gasteiger partial charge in [-0.05, 0) is 37.1 Å². The molecule has 3 heterocycles. The molecule has 32 heavy (non-hydrogen) atoms. The Kier molecular flexibility index (Phi) is 5.26. The van der Waals surface area contributed by atoms with Crippen LogP contribution in [0.4, 0.5) is 4.39 Å². The van der Waals surface area contributed by atoms with Crippen molar-refractivity contribution in [1.29, 1.82) is 0 Å². The van der Waals surface area contributed by atoms with Gasteiger partial charge in [0.05, 0.1) is 5.56 Å². The molecular weight excluding hydrogens is 415 g/mol. The first-order valence-corrected chi connectivity index (χ1v) is 10.6. The number of pyridine rings is 1. The van der Waals surface area contributed by atoms with Crippen LogP contribution in [0.2, 0.25) is 0 Å². The Morgan fingerprint density at radius 1 is 1.19 bits per heavy atom. The van der Waals surface area contributed by atoms with Crippen molar-refractivity contribution in [2.24, 2.45) is 0 Å². The Bertz CT molecular complexity index is 1330. The van der Waals surface area contributed by atoms with Crippen molar-refractivity contribution in [3.8, 4) is 22.8 Å². The number of carbonyl (C=O) groups excluding carboxylic acids is 1. The Morgan fingerprint density at radius 2 is 2.03 bits per heavy atom. The molecule has 0 saturated heterocycles. The van der Waals surface area contributed by atoms with Gasteiger partial charge in [0.15, 0.2) is 5.65 Å². The largest absolute Gasteiger partial charge is 0.352 e. The van der Waals surface area contributed by atoms with E-state index in [9.17, 15) is 14.0 Å². The van der Waals surface area contributed by atoms with Crippen molar-refractivity contribution in [3.05, 3.63) is 58.9 Å². The van der Waals surface area contributed by atoms with Crippen LogP contribution in [0, 0.1) is 5.82 Å². The molecule has 164 valence electrons. The second-order valence-corrected chi connectivity index (χ2v) is 7.89. The number of nitrogens with zero attached hydrogens (tertiary/aromatic N) is 5. The Morgan fingerprint density at radius 3 is 2.84 bits per heavy atom. The maximum Gasteiger partial charge on any atom is 0.350 e. The summed E-state index contributed by atoms with van der Waals surface area (Å²) in [5.41, 5.74) is 0.753. The van der Waals surface area contributed by atoms with Crippen LogP contribution < -0.4 is 11.0 Å². The van der Waals surface area contributed by atoms with Crippen LogP contribution in [-0.2, 0) is 11.3 Å². The van der Waals surface area contributed by atoms with Crippen molar-refractivity contribution in [1.82, 2.24) is 29.6 Å². The molecule has 10 heteroatoms. The molecule has 1 aliphatic rings. The van der Waals surface area contributed by atoms with Gasteiger partial charge in [0.2, 0.25) is 11.7 Å². The zero-order valence-electron chi connectivity index (χ0n) is 17.2. The van der Waals surface area contributed by atoms with Crippen LogP contribution in [-0.4, -0.2) is 36.3 Å². The lowest BCUT2D eigenvalue weighted by Gasteiger charge is -2.22. The van der Waals surface area contributed by atoms with Crippen molar-refractivity contribution in [3.63, 3.8) is 0 Å². The molecule has 1 fully saturated rings. The minimum atomic E-state index is -0.439. The molecule has 0 aliphatic heterocycles. The van der Waals surface area contributed by atoms with E-state index in [1.165, 1.54) is 23.0 Å². The average Bonchev–Trinajstić information content (AvgIpc) is 3.40. The van der Waals surface area contributed by atoms with Crippen LogP contribution in [0.5, 0.6) is 0 Å². The minimum absolute atomic E-state index is 0.138. The molecule has 0 bridgehead atoms. The highest BCUT2D eigenvalue weighted by Crippen LogP contribution is 2.25. The quantitative estimate of drug-likeness (QED) is 0.516. The molecule has 5 rings (SSSR count). The highest BCUT2D eigenvalue weighted by atomic mass is 19.1. The van der Waals surface area contributed by atoms with Crippen LogP contribution in [0.15, 0.2) is 51.9 Å². The summed E-state index contributed by atoms with van der Waals surface area (Å²) in [4.78, 5) is 29.6. The molecule has 9 nitrogen and oxygen atoms in total. The molecular formula is C22H21FN6O3. The number of aromatic nitrogens is 5. The maximum absolute atomic E-state index is 13.5. The van der Waals surface area contributed by atoms with E-state index >= 15 is 0 Å². The Balaban J connectivity index is 1.43. The number of amides is 1. The summed E-state index contributed by atoms with van der Waals surface area (Å²) in [6.07, 6.45) is 6.88. The molecule has 0 radical (unpaired) electrons. The van der Waals surface area contributed by atoms with Gasteiger partial charge in [-0.2, -0.15) is 4.98 Å². The summed E-state index contributed by atoms with van der Waals surface area (Å²) in [6.45, 7) is -0.172. The van der Waals surface area contributed by atoms with Gasteiger partial charge in [0.1, 0.15) is 12.4 Å². The third-order valence-corrected chi connectivity index (χ3v) is 5.61. The van der Waals surface area contributed by atoms with Crippen molar-refractivity contribution >= 4 is 11.6 Å². The molecule has 0 atom stereocenters. The second kappa shape index (κ2) is 8.37. The Hall–Kier alpha value is -3.82. The van der Waals surface area contributed by atoms with Gasteiger partial charge < -0.3 is 9.84 Å². The van der Waals surface area contributed by atoms with Crippen LogP contribution in [0.1, 0.15) is 32.1 Å². The van der Waals surface area contributed by atoms with Crippen molar-refractivity contribution in [2.75, 3.05) is 0 Å². The predicted octanol–water partition coefficient (Wildman–Crippen LogP) is 2.80. The van der Waals surface area contributed by atoms with E-state index in [1.54, 1.807) is 30.5 Å². The van der Waals surface area contributed by atoms with Gasteiger partial charge in [-0.25, -0.2) is 18.3 Å². The number of rotatable bonds is 5. The maximum atomic E-state index is 13.5. The third-order valence-electron chi connectivity index (χ3n) is 5.61. The topological polar surface area (TPSA) is 107 Å². The fourth-order valence-corrected chi connectivity index (χ4v) is 4.04. The van der Waals surface area contributed by atoms with E-state index in [2.05, 4.69) is 20.6 Å². The van der Waals surface area contributed by atoms with Gasteiger partial charge in [-0.3, -0.25) is 4.79 Å². The highest BCUT2D eigenvalue weighted by Gasteiger charge is 2.20. The number of carbonyl (C=O) groups is 1. The van der Waals surface area contributed by atoms with Gasteiger partial charge in [0, 0.05) is 17.8 Å². The van der Waals surface area contributed by atoms with Crippen LogP contribution in [0.3, 0.4) is 0 Å². The summed E-state index contributed by atoms with van der Waals surface area (Å²) in [5.74, 6) is -0.295. The summed E-state index contributed by atoms with van der Waals surface area (Å²) in [6, 6.07) is 9.36. The summed E-state index contributed by atoms with van der Waals surface area (Å²) in [7, 11) is 0. The van der Waals surface area contributed by atoms with E-state index in [4.69, 9.17) is 4.52 Å². The van der Waals surface area contributed by atoms with E-state index < -0.39 is 11.5 Å². The van der Waals surface area contributed by atoms with Crippen LogP contribution in [0.25, 0.3) is 28.5 Å². The number of fused-ring (bicyclic) bond motifs is 1. The Labute approximate surface area is 181 Å². The van der Waals surface area contributed by atoms with E-state index in [-0.39, 0.29) is 35.9 Å². The predicted molar refractivity (Wildman–Crippen MR) is 113 cm³/mol.